The number of rotatable bonds is 10. The van der Waals surface area contributed by atoms with Crippen molar-refractivity contribution >= 4 is 0 Å². The van der Waals surface area contributed by atoms with E-state index in [2.05, 4.69) is 62.2 Å². The van der Waals surface area contributed by atoms with Gasteiger partial charge in [0.25, 0.3) is 0 Å². The van der Waals surface area contributed by atoms with E-state index in [4.69, 9.17) is 0 Å². The van der Waals surface area contributed by atoms with Crippen molar-refractivity contribution in [2.24, 2.45) is 0 Å². The highest BCUT2D eigenvalue weighted by atomic mass is 15.1. The van der Waals surface area contributed by atoms with Gasteiger partial charge < -0.3 is 5.32 Å². The smallest absolute Gasteiger partial charge is 0.0236 e. The summed E-state index contributed by atoms with van der Waals surface area (Å²) >= 11 is 0. The maximum absolute atomic E-state index is 3.51. The number of benzene rings is 1. The van der Waals surface area contributed by atoms with Crippen molar-refractivity contribution in [1.82, 2.24) is 10.2 Å². The SMILES string of the molecule is CCCN(CCC)Cc1ccccc1CCNC(C)C. The predicted molar refractivity (Wildman–Crippen MR) is 89.1 cm³/mol. The monoisotopic (exact) mass is 276 g/mol. The second kappa shape index (κ2) is 9.95. The third kappa shape index (κ3) is 6.53. The first-order valence-corrected chi connectivity index (χ1v) is 8.19. The van der Waals surface area contributed by atoms with Crippen LogP contribution in [0.2, 0.25) is 0 Å². The van der Waals surface area contributed by atoms with Crippen LogP contribution in [0.15, 0.2) is 24.3 Å². The third-order valence-corrected chi connectivity index (χ3v) is 3.54. The zero-order valence-electron chi connectivity index (χ0n) is 13.8. The van der Waals surface area contributed by atoms with E-state index in [-0.39, 0.29) is 0 Å². The van der Waals surface area contributed by atoms with E-state index in [1.54, 1.807) is 0 Å². The molecule has 0 atom stereocenters. The highest BCUT2D eigenvalue weighted by Gasteiger charge is 2.07. The van der Waals surface area contributed by atoms with Crippen LogP contribution in [0.3, 0.4) is 0 Å². The highest BCUT2D eigenvalue weighted by Crippen LogP contribution is 2.13. The summed E-state index contributed by atoms with van der Waals surface area (Å²) in [5.74, 6) is 0. The van der Waals surface area contributed by atoms with Gasteiger partial charge in [0.05, 0.1) is 0 Å². The highest BCUT2D eigenvalue weighted by molar-refractivity contribution is 5.27. The second-order valence-electron chi connectivity index (χ2n) is 5.90. The molecule has 0 aromatic heterocycles. The summed E-state index contributed by atoms with van der Waals surface area (Å²) in [6.45, 7) is 13.5. The maximum atomic E-state index is 3.51. The van der Waals surface area contributed by atoms with Gasteiger partial charge in [0.2, 0.25) is 0 Å². The van der Waals surface area contributed by atoms with E-state index in [1.165, 1.54) is 37.1 Å². The first-order valence-electron chi connectivity index (χ1n) is 8.19. The Morgan fingerprint density at radius 2 is 1.60 bits per heavy atom. The molecule has 1 aromatic carbocycles. The topological polar surface area (TPSA) is 15.3 Å². The summed E-state index contributed by atoms with van der Waals surface area (Å²) in [6.07, 6.45) is 3.59. The Morgan fingerprint density at radius 1 is 1.00 bits per heavy atom. The largest absolute Gasteiger partial charge is 0.314 e. The second-order valence-corrected chi connectivity index (χ2v) is 5.90. The molecule has 0 amide bonds. The summed E-state index contributed by atoms with van der Waals surface area (Å²) in [5.41, 5.74) is 3.00. The normalized spacial score (nSPS) is 11.5. The van der Waals surface area contributed by atoms with Gasteiger partial charge in [0, 0.05) is 12.6 Å². The molecule has 0 aliphatic heterocycles. The van der Waals surface area contributed by atoms with Gasteiger partial charge in [-0.15, -0.1) is 0 Å². The first kappa shape index (κ1) is 17.2. The van der Waals surface area contributed by atoms with Crippen LogP contribution in [0, 0.1) is 0 Å². The molecule has 114 valence electrons. The van der Waals surface area contributed by atoms with Crippen LogP contribution in [0.25, 0.3) is 0 Å². The molecule has 0 saturated carbocycles. The molecule has 1 N–H and O–H groups in total. The maximum Gasteiger partial charge on any atom is 0.0236 e. The van der Waals surface area contributed by atoms with E-state index in [1.807, 2.05) is 0 Å². The summed E-state index contributed by atoms with van der Waals surface area (Å²) in [5, 5.41) is 3.51. The Bertz CT molecular complexity index is 354. The van der Waals surface area contributed by atoms with Crippen molar-refractivity contribution in [3.05, 3.63) is 35.4 Å². The average Bonchev–Trinajstić information content (AvgIpc) is 2.41. The Labute approximate surface area is 125 Å². The molecule has 0 fully saturated rings. The standard InChI is InChI=1S/C18H32N2/c1-5-13-20(14-6-2)15-18-10-8-7-9-17(18)11-12-19-16(3)4/h7-10,16,19H,5-6,11-15H2,1-4H3. The first-order chi connectivity index (χ1) is 9.67. The third-order valence-electron chi connectivity index (χ3n) is 3.54. The molecule has 0 saturated heterocycles. The van der Waals surface area contributed by atoms with Gasteiger partial charge in [0.15, 0.2) is 0 Å². The predicted octanol–water partition coefficient (Wildman–Crippen LogP) is 3.85. The van der Waals surface area contributed by atoms with Crippen LogP contribution in [0.5, 0.6) is 0 Å². The average molecular weight is 276 g/mol. The Hall–Kier alpha value is -0.860. The van der Waals surface area contributed by atoms with Crippen LogP contribution in [-0.2, 0) is 13.0 Å². The number of nitrogens with zero attached hydrogens (tertiary/aromatic N) is 1. The quantitative estimate of drug-likeness (QED) is 0.698. The minimum Gasteiger partial charge on any atom is -0.314 e. The number of nitrogens with one attached hydrogen (secondary N) is 1. The molecule has 1 aromatic rings. The van der Waals surface area contributed by atoms with Crippen LogP contribution >= 0.6 is 0 Å². The van der Waals surface area contributed by atoms with E-state index in [0.29, 0.717) is 6.04 Å². The van der Waals surface area contributed by atoms with Crippen molar-refractivity contribution in [3.63, 3.8) is 0 Å². The van der Waals surface area contributed by atoms with Crippen LogP contribution in [0.1, 0.15) is 51.7 Å². The van der Waals surface area contributed by atoms with Crippen LogP contribution in [-0.4, -0.2) is 30.6 Å². The fourth-order valence-corrected chi connectivity index (χ4v) is 2.59. The lowest BCUT2D eigenvalue weighted by Crippen LogP contribution is -2.27. The molecular weight excluding hydrogens is 244 g/mol. The molecule has 0 heterocycles. The molecule has 2 nitrogen and oxygen atoms in total. The molecule has 2 heteroatoms. The number of hydrogen-bond donors (Lipinski definition) is 1. The lowest BCUT2D eigenvalue weighted by atomic mass is 10.0. The molecule has 20 heavy (non-hydrogen) atoms. The van der Waals surface area contributed by atoms with Gasteiger partial charge in [-0.2, -0.15) is 0 Å². The van der Waals surface area contributed by atoms with Crippen LogP contribution in [0.4, 0.5) is 0 Å². The van der Waals surface area contributed by atoms with Crippen molar-refractivity contribution in [2.45, 2.75) is 59.5 Å². The molecule has 0 bridgehead atoms. The lowest BCUT2D eigenvalue weighted by molar-refractivity contribution is 0.266. The molecular formula is C18H32N2. The zero-order valence-corrected chi connectivity index (χ0v) is 13.8. The van der Waals surface area contributed by atoms with Gasteiger partial charge in [-0.25, -0.2) is 0 Å². The molecule has 1 rings (SSSR count). The summed E-state index contributed by atoms with van der Waals surface area (Å²) in [6, 6.07) is 9.48. The minimum atomic E-state index is 0.568. The fraction of sp³-hybridized carbons (Fsp3) is 0.667. The van der Waals surface area contributed by atoms with Gasteiger partial charge in [-0.05, 0) is 50.0 Å². The van der Waals surface area contributed by atoms with Crippen molar-refractivity contribution in [2.75, 3.05) is 19.6 Å². The molecule has 0 radical (unpaired) electrons. The van der Waals surface area contributed by atoms with Gasteiger partial charge in [-0.1, -0.05) is 52.0 Å². The minimum absolute atomic E-state index is 0.568. The van der Waals surface area contributed by atoms with Gasteiger partial charge in [0.1, 0.15) is 0 Å². The Morgan fingerprint density at radius 3 is 2.15 bits per heavy atom. The van der Waals surface area contributed by atoms with E-state index >= 15 is 0 Å². The lowest BCUT2D eigenvalue weighted by Gasteiger charge is -2.22. The van der Waals surface area contributed by atoms with Crippen molar-refractivity contribution in [3.8, 4) is 0 Å². The summed E-state index contributed by atoms with van der Waals surface area (Å²) in [7, 11) is 0. The summed E-state index contributed by atoms with van der Waals surface area (Å²) < 4.78 is 0. The molecule has 0 unspecified atom stereocenters. The van der Waals surface area contributed by atoms with E-state index in [0.717, 1.165) is 19.5 Å². The van der Waals surface area contributed by atoms with E-state index in [9.17, 15) is 0 Å². The molecule has 0 spiro atoms. The fourth-order valence-electron chi connectivity index (χ4n) is 2.59. The van der Waals surface area contributed by atoms with E-state index < -0.39 is 0 Å². The van der Waals surface area contributed by atoms with Crippen molar-refractivity contribution < 1.29 is 0 Å². The molecule has 0 aliphatic carbocycles. The zero-order chi connectivity index (χ0) is 14.8. The van der Waals surface area contributed by atoms with Crippen LogP contribution < -0.4 is 5.32 Å². The van der Waals surface area contributed by atoms with Crippen molar-refractivity contribution in [1.29, 1.82) is 0 Å². The van der Waals surface area contributed by atoms with Gasteiger partial charge >= 0.3 is 0 Å². The Balaban J connectivity index is 2.63. The molecule has 0 aliphatic rings. The van der Waals surface area contributed by atoms with Gasteiger partial charge in [-0.3, -0.25) is 4.90 Å². The Kier molecular flexibility index (Phi) is 8.56. The number of hydrogen-bond acceptors (Lipinski definition) is 2. The summed E-state index contributed by atoms with van der Waals surface area (Å²) in [4.78, 5) is 2.58.